The largest absolute Gasteiger partial charge is 0.340 e. The molecule has 1 aliphatic heterocycles. The van der Waals surface area contributed by atoms with E-state index in [9.17, 15) is 9.59 Å². The summed E-state index contributed by atoms with van der Waals surface area (Å²) in [7, 11) is 3.48. The second-order valence-electron chi connectivity index (χ2n) is 7.09. The lowest BCUT2D eigenvalue weighted by atomic mass is 9.91. The van der Waals surface area contributed by atoms with E-state index < -0.39 is 0 Å². The summed E-state index contributed by atoms with van der Waals surface area (Å²) in [5.41, 5.74) is 0. The number of hydrogen-bond donors (Lipinski definition) is 1. The molecule has 0 aliphatic carbocycles. The average Bonchev–Trinajstić information content (AvgIpc) is 3.16. The Morgan fingerprint density at radius 2 is 2.12 bits per heavy atom. The second kappa shape index (κ2) is 8.51. The first-order valence-corrected chi connectivity index (χ1v) is 9.54. The van der Waals surface area contributed by atoms with Crippen LogP contribution in [-0.4, -0.2) is 55.0 Å². The molecule has 0 aromatic carbocycles. The smallest absolute Gasteiger partial charge is 0.317 e. The van der Waals surface area contributed by atoms with Crippen LogP contribution >= 0.6 is 11.3 Å². The van der Waals surface area contributed by atoms with Gasteiger partial charge in [-0.2, -0.15) is 0 Å². The number of hydrogen-bond acceptors (Lipinski definition) is 3. The Bertz CT molecular complexity index is 542. The number of nitrogens with zero attached hydrogens (tertiary/aromatic N) is 2. The molecule has 2 rings (SSSR count). The van der Waals surface area contributed by atoms with Crippen molar-refractivity contribution in [1.29, 1.82) is 0 Å². The average molecular weight is 352 g/mol. The van der Waals surface area contributed by atoms with Crippen LogP contribution in [0, 0.1) is 11.8 Å². The molecular formula is C18H29N3O2S. The number of thiophene rings is 1. The van der Waals surface area contributed by atoms with Gasteiger partial charge in [0.1, 0.15) is 0 Å². The summed E-state index contributed by atoms with van der Waals surface area (Å²) in [4.78, 5) is 29.3. The van der Waals surface area contributed by atoms with Crippen molar-refractivity contribution in [3.05, 3.63) is 22.4 Å². The summed E-state index contributed by atoms with van der Waals surface area (Å²) in [5.74, 6) is 0.954. The number of rotatable bonds is 6. The fourth-order valence-corrected chi connectivity index (χ4v) is 3.93. The first-order chi connectivity index (χ1) is 11.4. The molecule has 1 N–H and O–H groups in total. The molecule has 1 aromatic heterocycles. The fourth-order valence-electron chi connectivity index (χ4n) is 3.18. The van der Waals surface area contributed by atoms with Gasteiger partial charge in [-0.15, -0.1) is 11.3 Å². The van der Waals surface area contributed by atoms with Crippen LogP contribution in [0.5, 0.6) is 0 Å². The number of amides is 3. The maximum absolute atomic E-state index is 12.5. The Labute approximate surface area is 149 Å². The Morgan fingerprint density at radius 3 is 2.71 bits per heavy atom. The third-order valence-electron chi connectivity index (χ3n) is 4.68. The van der Waals surface area contributed by atoms with Gasteiger partial charge in [0.2, 0.25) is 5.91 Å². The molecule has 6 heteroatoms. The summed E-state index contributed by atoms with van der Waals surface area (Å²) >= 11 is 1.74. The van der Waals surface area contributed by atoms with E-state index in [1.54, 1.807) is 30.3 Å². The second-order valence-corrected chi connectivity index (χ2v) is 8.12. The molecule has 1 fully saturated rings. The first-order valence-electron chi connectivity index (χ1n) is 8.66. The van der Waals surface area contributed by atoms with Crippen LogP contribution < -0.4 is 5.32 Å². The highest BCUT2D eigenvalue weighted by Gasteiger charge is 2.37. The highest BCUT2D eigenvalue weighted by atomic mass is 32.1. The molecule has 24 heavy (non-hydrogen) atoms. The van der Waals surface area contributed by atoms with Crippen molar-refractivity contribution in [2.45, 2.75) is 39.2 Å². The quantitative estimate of drug-likeness (QED) is 0.857. The van der Waals surface area contributed by atoms with Gasteiger partial charge in [0.25, 0.3) is 0 Å². The fraction of sp³-hybridized carbons (Fsp3) is 0.667. The van der Waals surface area contributed by atoms with E-state index >= 15 is 0 Å². The minimum absolute atomic E-state index is 0.0427. The predicted molar refractivity (Wildman–Crippen MR) is 98.2 cm³/mol. The summed E-state index contributed by atoms with van der Waals surface area (Å²) in [6.45, 7) is 5.68. The third-order valence-corrected chi connectivity index (χ3v) is 5.62. The first kappa shape index (κ1) is 18.8. The van der Waals surface area contributed by atoms with Crippen molar-refractivity contribution >= 4 is 23.3 Å². The zero-order valence-electron chi connectivity index (χ0n) is 15.1. The lowest BCUT2D eigenvalue weighted by Gasteiger charge is -2.24. The number of urea groups is 1. The van der Waals surface area contributed by atoms with Crippen LogP contribution in [0.3, 0.4) is 0 Å². The van der Waals surface area contributed by atoms with Gasteiger partial charge in [-0.05, 0) is 30.2 Å². The Balaban J connectivity index is 1.86. The molecule has 134 valence electrons. The van der Waals surface area contributed by atoms with Crippen LogP contribution in [0.2, 0.25) is 0 Å². The van der Waals surface area contributed by atoms with E-state index in [-0.39, 0.29) is 18.0 Å². The van der Waals surface area contributed by atoms with E-state index in [0.29, 0.717) is 24.8 Å². The van der Waals surface area contributed by atoms with Gasteiger partial charge in [0, 0.05) is 44.4 Å². The normalized spacial score (nSPS) is 20.5. The van der Waals surface area contributed by atoms with Gasteiger partial charge in [-0.1, -0.05) is 19.9 Å². The maximum Gasteiger partial charge on any atom is 0.317 e. The van der Waals surface area contributed by atoms with E-state index in [2.05, 4.69) is 30.6 Å². The lowest BCUT2D eigenvalue weighted by molar-refractivity contribution is -0.130. The molecule has 0 saturated carbocycles. The van der Waals surface area contributed by atoms with Gasteiger partial charge in [0.15, 0.2) is 0 Å². The molecule has 2 unspecified atom stereocenters. The van der Waals surface area contributed by atoms with Gasteiger partial charge in [-0.3, -0.25) is 4.79 Å². The van der Waals surface area contributed by atoms with Crippen molar-refractivity contribution < 1.29 is 9.59 Å². The molecule has 1 aromatic rings. The third kappa shape index (κ3) is 4.97. The van der Waals surface area contributed by atoms with Gasteiger partial charge < -0.3 is 15.1 Å². The zero-order chi connectivity index (χ0) is 17.7. The van der Waals surface area contributed by atoms with Crippen LogP contribution in [0.4, 0.5) is 4.79 Å². The maximum atomic E-state index is 12.5. The molecule has 0 spiro atoms. The SMILES string of the molecule is CC(C)C1CN(C(=O)CCCc2cccs2)CC1NC(=O)N(C)C. The molecule has 1 saturated heterocycles. The van der Waals surface area contributed by atoms with Gasteiger partial charge in [0.05, 0.1) is 6.04 Å². The van der Waals surface area contributed by atoms with Crippen molar-refractivity contribution in [2.75, 3.05) is 27.2 Å². The topological polar surface area (TPSA) is 52.7 Å². The molecule has 2 atom stereocenters. The monoisotopic (exact) mass is 351 g/mol. The summed E-state index contributed by atoms with van der Waals surface area (Å²) in [5, 5.41) is 5.14. The number of carbonyl (C=O) groups excluding carboxylic acids is 2. The molecule has 0 bridgehead atoms. The Hall–Kier alpha value is -1.56. The molecule has 5 nitrogen and oxygen atoms in total. The lowest BCUT2D eigenvalue weighted by Crippen LogP contribution is -2.46. The highest BCUT2D eigenvalue weighted by molar-refractivity contribution is 7.09. The molecule has 2 heterocycles. The number of carbonyl (C=O) groups is 2. The summed E-state index contributed by atoms with van der Waals surface area (Å²) in [6.07, 6.45) is 2.43. The summed E-state index contributed by atoms with van der Waals surface area (Å²) < 4.78 is 0. The van der Waals surface area contributed by atoms with Crippen molar-refractivity contribution in [1.82, 2.24) is 15.1 Å². The van der Waals surface area contributed by atoms with Crippen molar-refractivity contribution in [3.8, 4) is 0 Å². The summed E-state index contributed by atoms with van der Waals surface area (Å²) in [6, 6.07) is 4.12. The number of aryl methyl sites for hydroxylation is 1. The van der Waals surface area contributed by atoms with E-state index in [1.165, 1.54) is 4.88 Å². The highest BCUT2D eigenvalue weighted by Crippen LogP contribution is 2.25. The molecule has 1 aliphatic rings. The van der Waals surface area contributed by atoms with Crippen LogP contribution in [-0.2, 0) is 11.2 Å². The minimum Gasteiger partial charge on any atom is -0.340 e. The van der Waals surface area contributed by atoms with Crippen LogP contribution in [0.25, 0.3) is 0 Å². The Morgan fingerprint density at radius 1 is 1.38 bits per heavy atom. The zero-order valence-corrected chi connectivity index (χ0v) is 15.9. The number of nitrogens with one attached hydrogen (secondary N) is 1. The molecule has 0 radical (unpaired) electrons. The number of likely N-dealkylation sites (tertiary alicyclic amines) is 1. The van der Waals surface area contributed by atoms with E-state index in [1.807, 2.05) is 11.0 Å². The predicted octanol–water partition coefficient (Wildman–Crippen LogP) is 2.83. The van der Waals surface area contributed by atoms with Crippen molar-refractivity contribution in [3.63, 3.8) is 0 Å². The minimum atomic E-state index is -0.0855. The van der Waals surface area contributed by atoms with Gasteiger partial charge in [-0.25, -0.2) is 4.79 Å². The van der Waals surface area contributed by atoms with Crippen LogP contribution in [0.15, 0.2) is 17.5 Å². The van der Waals surface area contributed by atoms with Crippen molar-refractivity contribution in [2.24, 2.45) is 11.8 Å². The molecule has 3 amide bonds. The Kier molecular flexibility index (Phi) is 6.66. The molecular weight excluding hydrogens is 322 g/mol. The van der Waals surface area contributed by atoms with Crippen LogP contribution in [0.1, 0.15) is 31.6 Å². The van der Waals surface area contributed by atoms with E-state index in [4.69, 9.17) is 0 Å². The van der Waals surface area contributed by atoms with E-state index in [0.717, 1.165) is 19.4 Å². The van der Waals surface area contributed by atoms with Gasteiger partial charge >= 0.3 is 6.03 Å². The standard InChI is InChI=1S/C18H29N3O2S/c1-13(2)15-11-21(12-16(15)19-18(23)20(3)4)17(22)9-5-7-14-8-6-10-24-14/h6,8,10,13,15-16H,5,7,9,11-12H2,1-4H3,(H,19,23).